The van der Waals surface area contributed by atoms with E-state index in [1.165, 1.54) is 0 Å². The van der Waals surface area contributed by atoms with Crippen molar-refractivity contribution in [2.24, 2.45) is 4.99 Å². The second-order valence-corrected chi connectivity index (χ2v) is 7.43. The summed E-state index contributed by atoms with van der Waals surface area (Å²) < 4.78 is 27.1. The van der Waals surface area contributed by atoms with Crippen molar-refractivity contribution in [1.82, 2.24) is 20.8 Å². The minimum Gasteiger partial charge on any atom is -0.341 e. The quantitative estimate of drug-likeness (QED) is 0.777. The summed E-state index contributed by atoms with van der Waals surface area (Å²) in [5.41, 5.74) is 3.80. The lowest BCUT2D eigenvalue weighted by molar-refractivity contribution is 0.0225. The first-order valence-corrected chi connectivity index (χ1v) is 9.10. The normalized spacial score (nSPS) is 23.4. The van der Waals surface area contributed by atoms with Crippen LogP contribution in [-0.2, 0) is 0 Å². The molecule has 0 amide bonds. The second-order valence-electron chi connectivity index (χ2n) is 6.38. The minimum atomic E-state index is -2.68. The summed E-state index contributed by atoms with van der Waals surface area (Å²) in [7, 11) is 0. The summed E-state index contributed by atoms with van der Waals surface area (Å²) in [5.74, 6) is -2.12. The molecule has 5 nitrogen and oxygen atoms in total. The highest BCUT2D eigenvalue weighted by Crippen LogP contribution is 2.42. The van der Waals surface area contributed by atoms with Gasteiger partial charge in [-0.05, 0) is 19.4 Å². The third-order valence-electron chi connectivity index (χ3n) is 4.40. The van der Waals surface area contributed by atoms with E-state index in [1.807, 2.05) is 13.0 Å². The fourth-order valence-electron chi connectivity index (χ4n) is 3.16. The molecular formula is C17H19F2N5S. The van der Waals surface area contributed by atoms with Crippen LogP contribution >= 0.6 is 11.3 Å². The summed E-state index contributed by atoms with van der Waals surface area (Å²) in [4.78, 5) is 6.73. The maximum absolute atomic E-state index is 13.6. The number of hydrogen-bond donors (Lipinski definition) is 3. The van der Waals surface area contributed by atoms with E-state index in [0.29, 0.717) is 5.84 Å². The van der Waals surface area contributed by atoms with Crippen LogP contribution in [0.5, 0.6) is 0 Å². The summed E-state index contributed by atoms with van der Waals surface area (Å²) in [5, 5.41) is 13.2. The van der Waals surface area contributed by atoms with Gasteiger partial charge in [0.2, 0.25) is 0 Å². The number of aliphatic imine (C=N–C) groups is 1. The highest BCUT2D eigenvalue weighted by atomic mass is 32.1. The van der Waals surface area contributed by atoms with Crippen LogP contribution in [0.15, 0.2) is 23.3 Å². The third-order valence-corrected chi connectivity index (χ3v) is 5.60. The first kappa shape index (κ1) is 16.4. The van der Waals surface area contributed by atoms with Crippen molar-refractivity contribution in [2.75, 3.05) is 6.54 Å². The average molecular weight is 363 g/mol. The maximum atomic E-state index is 13.6. The molecule has 132 valence electrons. The Morgan fingerprint density at radius 1 is 1.44 bits per heavy atom. The zero-order valence-corrected chi connectivity index (χ0v) is 14.8. The Balaban J connectivity index is 1.74. The number of rotatable bonds is 3. The number of nitrogens with one attached hydrogen (secondary N) is 3. The van der Waals surface area contributed by atoms with Crippen LogP contribution in [0.4, 0.5) is 14.5 Å². The molecule has 2 aliphatic heterocycles. The molecule has 0 bridgehead atoms. The monoisotopic (exact) mass is 363 g/mol. The smallest absolute Gasteiger partial charge is 0.262 e. The average Bonchev–Trinajstić information content (AvgIpc) is 3.25. The number of alkyl halides is 2. The largest absolute Gasteiger partial charge is 0.341 e. The fourth-order valence-corrected chi connectivity index (χ4v) is 4.32. The van der Waals surface area contributed by atoms with Gasteiger partial charge < -0.3 is 10.6 Å². The van der Waals surface area contributed by atoms with E-state index in [9.17, 15) is 8.78 Å². The molecule has 1 unspecified atom stereocenters. The van der Waals surface area contributed by atoms with Crippen LogP contribution in [0.25, 0.3) is 16.1 Å². The van der Waals surface area contributed by atoms with Crippen LogP contribution in [0.1, 0.15) is 30.3 Å². The zero-order chi connectivity index (χ0) is 17.6. The van der Waals surface area contributed by atoms with E-state index >= 15 is 0 Å². The Morgan fingerprint density at radius 3 is 2.92 bits per heavy atom. The number of amidine groups is 1. The van der Waals surface area contributed by atoms with Crippen molar-refractivity contribution in [3.05, 3.63) is 28.9 Å². The molecule has 0 aliphatic carbocycles. The van der Waals surface area contributed by atoms with E-state index in [2.05, 4.69) is 38.8 Å². The first-order valence-electron chi connectivity index (χ1n) is 8.28. The van der Waals surface area contributed by atoms with Crippen molar-refractivity contribution in [3.8, 4) is 10.4 Å². The molecule has 2 aromatic heterocycles. The Labute approximate surface area is 148 Å². The van der Waals surface area contributed by atoms with E-state index < -0.39 is 12.0 Å². The summed E-state index contributed by atoms with van der Waals surface area (Å²) in [6.07, 6.45) is 4.49. The van der Waals surface area contributed by atoms with E-state index in [0.717, 1.165) is 38.8 Å². The molecule has 0 radical (unpaired) electrons. The number of H-pyrrole nitrogens is 1. The zero-order valence-electron chi connectivity index (χ0n) is 14.0. The van der Waals surface area contributed by atoms with Gasteiger partial charge in [0.05, 0.1) is 35.0 Å². The predicted octanol–water partition coefficient (Wildman–Crippen LogP) is 3.83. The molecule has 8 heteroatoms. The standard InChI is InChI=1S/C17H19F2N5S/c1-3-4-11-15-12(5-14(25-15)10-7-21-24-9(10)2)23-16(22-11)13-6-17(18,19)8-20-13/h4-5,7,13,20H,3,6,8H2,1-2H3,(H,21,24)(H,22,23)/b11-4+. The fraction of sp³-hybridized carbons (Fsp3) is 0.412. The van der Waals surface area contributed by atoms with Gasteiger partial charge in [-0.25, -0.2) is 13.8 Å². The molecule has 4 rings (SSSR count). The van der Waals surface area contributed by atoms with E-state index in [4.69, 9.17) is 0 Å². The van der Waals surface area contributed by atoms with Crippen LogP contribution in [-0.4, -0.2) is 34.5 Å². The predicted molar refractivity (Wildman–Crippen MR) is 96.5 cm³/mol. The molecule has 2 aliphatic rings. The van der Waals surface area contributed by atoms with Gasteiger partial charge in [-0.2, -0.15) is 5.10 Å². The van der Waals surface area contributed by atoms with Gasteiger partial charge in [0.1, 0.15) is 5.84 Å². The number of halogens is 2. The lowest BCUT2D eigenvalue weighted by Gasteiger charge is -2.22. The SMILES string of the molecule is CC/C=C1/NC(C2CC(F)(F)CN2)=Nc2cc(-c3cn[nH]c3C)sc21. The number of nitrogens with zero attached hydrogens (tertiary/aromatic N) is 2. The molecule has 0 saturated carbocycles. The summed E-state index contributed by atoms with van der Waals surface area (Å²) >= 11 is 1.63. The molecule has 3 N–H and O–H groups in total. The Kier molecular flexibility index (Phi) is 3.96. The van der Waals surface area contributed by atoms with Crippen molar-refractivity contribution in [2.45, 2.75) is 38.7 Å². The topological polar surface area (TPSA) is 65.1 Å². The molecule has 0 spiro atoms. The van der Waals surface area contributed by atoms with Crippen molar-refractivity contribution < 1.29 is 8.78 Å². The molecule has 2 aromatic rings. The van der Waals surface area contributed by atoms with Gasteiger partial charge in [-0.1, -0.05) is 13.0 Å². The highest BCUT2D eigenvalue weighted by molar-refractivity contribution is 7.17. The van der Waals surface area contributed by atoms with Gasteiger partial charge in [-0.15, -0.1) is 11.3 Å². The molecule has 4 heterocycles. The maximum Gasteiger partial charge on any atom is 0.262 e. The number of aromatic amines is 1. The third kappa shape index (κ3) is 3.00. The van der Waals surface area contributed by atoms with Gasteiger partial charge >= 0.3 is 0 Å². The van der Waals surface area contributed by atoms with Gasteiger partial charge in [0.15, 0.2) is 0 Å². The van der Waals surface area contributed by atoms with Gasteiger partial charge in [0, 0.05) is 22.6 Å². The van der Waals surface area contributed by atoms with Gasteiger partial charge in [-0.3, -0.25) is 5.10 Å². The first-order chi connectivity index (χ1) is 12.0. The number of allylic oxidation sites excluding steroid dienone is 1. The van der Waals surface area contributed by atoms with Crippen molar-refractivity contribution in [1.29, 1.82) is 0 Å². The second kappa shape index (κ2) is 6.03. The molecule has 25 heavy (non-hydrogen) atoms. The number of fused-ring (bicyclic) bond motifs is 1. The number of thiophene rings is 1. The lowest BCUT2D eigenvalue weighted by Crippen LogP contribution is -2.40. The van der Waals surface area contributed by atoms with Crippen molar-refractivity contribution >= 4 is 28.6 Å². The highest BCUT2D eigenvalue weighted by Gasteiger charge is 2.42. The number of hydrogen-bond acceptors (Lipinski definition) is 5. The van der Waals surface area contributed by atoms with Crippen LogP contribution in [0.3, 0.4) is 0 Å². The Hall–Kier alpha value is -2.06. The molecule has 1 atom stereocenters. The number of aromatic nitrogens is 2. The van der Waals surface area contributed by atoms with Crippen LogP contribution in [0.2, 0.25) is 0 Å². The van der Waals surface area contributed by atoms with E-state index in [-0.39, 0.29) is 13.0 Å². The molecule has 0 aromatic carbocycles. The van der Waals surface area contributed by atoms with E-state index in [1.54, 1.807) is 17.5 Å². The molecule has 1 fully saturated rings. The Bertz CT molecular complexity index is 864. The van der Waals surface area contributed by atoms with Crippen molar-refractivity contribution in [3.63, 3.8) is 0 Å². The minimum absolute atomic E-state index is 0.231. The Morgan fingerprint density at radius 2 is 2.28 bits per heavy atom. The van der Waals surface area contributed by atoms with Crippen LogP contribution in [0, 0.1) is 6.92 Å². The van der Waals surface area contributed by atoms with Gasteiger partial charge in [0.25, 0.3) is 5.92 Å². The summed E-state index contributed by atoms with van der Waals surface area (Å²) in [6, 6.07) is 1.55. The molecular weight excluding hydrogens is 344 g/mol. The number of aryl methyl sites for hydroxylation is 1. The summed E-state index contributed by atoms with van der Waals surface area (Å²) in [6.45, 7) is 3.72. The lowest BCUT2D eigenvalue weighted by atomic mass is 10.1. The van der Waals surface area contributed by atoms with Crippen LogP contribution < -0.4 is 10.6 Å². The molecule has 1 saturated heterocycles.